The zero-order valence-corrected chi connectivity index (χ0v) is 10.5. The number of thioether (sulfide) groups is 1. The summed E-state index contributed by atoms with van der Waals surface area (Å²) in [6.45, 7) is 1.58. The number of hydrogen-bond donors (Lipinski definition) is 1. The van der Waals surface area contributed by atoms with Gasteiger partial charge in [-0.25, -0.2) is 4.79 Å². The van der Waals surface area contributed by atoms with Gasteiger partial charge in [0.25, 0.3) is 0 Å². The summed E-state index contributed by atoms with van der Waals surface area (Å²) < 4.78 is 4.51. The fourth-order valence-electron chi connectivity index (χ4n) is 1.10. The molecular formula is C11H14N2O3S. The van der Waals surface area contributed by atoms with Crippen molar-refractivity contribution in [3.8, 4) is 0 Å². The number of nitrogens with zero attached hydrogens (tertiary/aromatic N) is 1. The van der Waals surface area contributed by atoms with Crippen LogP contribution in [-0.4, -0.2) is 35.8 Å². The van der Waals surface area contributed by atoms with Crippen LogP contribution in [-0.2, 0) is 14.3 Å². The van der Waals surface area contributed by atoms with Gasteiger partial charge in [0.1, 0.15) is 6.04 Å². The molecule has 0 aliphatic heterocycles. The molecule has 1 aromatic rings. The smallest absolute Gasteiger partial charge is 0.328 e. The van der Waals surface area contributed by atoms with Gasteiger partial charge in [0, 0.05) is 17.3 Å². The molecule has 0 saturated heterocycles. The van der Waals surface area contributed by atoms with Crippen molar-refractivity contribution in [3.63, 3.8) is 0 Å². The van der Waals surface area contributed by atoms with Crippen molar-refractivity contribution < 1.29 is 14.3 Å². The molecule has 1 rings (SSSR count). The fourth-order valence-corrected chi connectivity index (χ4v) is 1.80. The first-order chi connectivity index (χ1) is 8.13. The molecule has 1 aromatic heterocycles. The maximum atomic E-state index is 11.5. The van der Waals surface area contributed by atoms with Gasteiger partial charge in [-0.1, -0.05) is 0 Å². The van der Waals surface area contributed by atoms with Gasteiger partial charge >= 0.3 is 5.97 Å². The van der Waals surface area contributed by atoms with Crippen LogP contribution in [0.5, 0.6) is 0 Å². The summed E-state index contributed by atoms with van der Waals surface area (Å²) in [5, 5.41) is 2.55. The lowest BCUT2D eigenvalue weighted by molar-refractivity contribution is -0.144. The molecular weight excluding hydrogens is 240 g/mol. The number of amides is 1. The second-order valence-electron chi connectivity index (χ2n) is 3.28. The largest absolute Gasteiger partial charge is 0.467 e. The number of hydrogen-bond acceptors (Lipinski definition) is 5. The molecule has 1 heterocycles. The predicted octanol–water partition coefficient (Wildman–Crippen LogP) is 0.851. The molecule has 0 aliphatic carbocycles. The van der Waals surface area contributed by atoms with Crippen LogP contribution in [0.1, 0.15) is 6.92 Å². The lowest BCUT2D eigenvalue weighted by Gasteiger charge is -2.11. The molecule has 0 radical (unpaired) electrons. The van der Waals surface area contributed by atoms with Crippen LogP contribution in [0.15, 0.2) is 29.4 Å². The second-order valence-corrected chi connectivity index (χ2v) is 4.33. The standard InChI is InChI=1S/C11H14N2O3S/c1-8(11(15)16-2)13-10(14)7-17-9-3-5-12-6-4-9/h3-6,8H,7H2,1-2H3,(H,13,14). The molecule has 1 amide bonds. The minimum Gasteiger partial charge on any atom is -0.467 e. The number of carbonyl (C=O) groups excluding carboxylic acids is 2. The van der Waals surface area contributed by atoms with Crippen LogP contribution in [0.2, 0.25) is 0 Å². The Kier molecular flexibility index (Phi) is 5.48. The highest BCUT2D eigenvalue weighted by Crippen LogP contribution is 2.15. The molecule has 1 N–H and O–H groups in total. The molecule has 5 nitrogen and oxygen atoms in total. The molecule has 0 saturated carbocycles. The number of nitrogens with one attached hydrogen (secondary N) is 1. The predicted molar refractivity (Wildman–Crippen MR) is 64.6 cm³/mol. The Bertz CT molecular complexity index is 384. The Morgan fingerprint density at radius 3 is 2.71 bits per heavy atom. The molecule has 0 aliphatic rings. The van der Waals surface area contributed by atoms with Crippen LogP contribution >= 0.6 is 11.8 Å². The van der Waals surface area contributed by atoms with Crippen molar-refractivity contribution in [1.82, 2.24) is 10.3 Å². The zero-order chi connectivity index (χ0) is 12.7. The maximum Gasteiger partial charge on any atom is 0.328 e. The molecule has 17 heavy (non-hydrogen) atoms. The van der Waals surface area contributed by atoms with Crippen LogP contribution in [0.4, 0.5) is 0 Å². The summed E-state index contributed by atoms with van der Waals surface area (Å²) in [5.41, 5.74) is 0. The van der Waals surface area contributed by atoms with Crippen molar-refractivity contribution in [2.24, 2.45) is 0 Å². The first-order valence-corrected chi connectivity index (χ1v) is 6.02. The molecule has 92 valence electrons. The van der Waals surface area contributed by atoms with Crippen molar-refractivity contribution in [2.45, 2.75) is 17.9 Å². The van der Waals surface area contributed by atoms with Gasteiger partial charge in [0.15, 0.2) is 0 Å². The first-order valence-electron chi connectivity index (χ1n) is 5.03. The van der Waals surface area contributed by atoms with E-state index in [0.29, 0.717) is 0 Å². The topological polar surface area (TPSA) is 68.3 Å². The van der Waals surface area contributed by atoms with Gasteiger partial charge in [-0.05, 0) is 19.1 Å². The summed E-state index contributed by atoms with van der Waals surface area (Å²) in [5.74, 6) is -0.400. The van der Waals surface area contributed by atoms with Crippen molar-refractivity contribution in [3.05, 3.63) is 24.5 Å². The molecule has 1 atom stereocenters. The van der Waals surface area contributed by atoms with Crippen molar-refractivity contribution >= 4 is 23.6 Å². The Morgan fingerprint density at radius 2 is 2.12 bits per heavy atom. The Balaban J connectivity index is 2.33. The van der Waals surface area contributed by atoms with E-state index in [1.807, 2.05) is 12.1 Å². The lowest BCUT2D eigenvalue weighted by atomic mass is 10.3. The average Bonchev–Trinajstić information content (AvgIpc) is 2.36. The van der Waals surface area contributed by atoms with Crippen LogP contribution in [0, 0.1) is 0 Å². The normalized spacial score (nSPS) is 11.6. The molecule has 0 fully saturated rings. The van der Waals surface area contributed by atoms with Crippen LogP contribution < -0.4 is 5.32 Å². The quantitative estimate of drug-likeness (QED) is 0.623. The maximum absolute atomic E-state index is 11.5. The fraction of sp³-hybridized carbons (Fsp3) is 0.364. The van der Waals surface area contributed by atoms with E-state index < -0.39 is 12.0 Å². The van der Waals surface area contributed by atoms with E-state index >= 15 is 0 Å². The molecule has 6 heteroatoms. The highest BCUT2D eigenvalue weighted by molar-refractivity contribution is 8.00. The molecule has 0 aromatic carbocycles. The summed E-state index contributed by atoms with van der Waals surface area (Å²) in [7, 11) is 1.29. The minimum atomic E-state index is -0.620. The number of carbonyl (C=O) groups is 2. The van der Waals surface area contributed by atoms with E-state index in [2.05, 4.69) is 15.0 Å². The van der Waals surface area contributed by atoms with Crippen molar-refractivity contribution in [2.75, 3.05) is 12.9 Å². The number of aromatic nitrogens is 1. The highest BCUT2D eigenvalue weighted by atomic mass is 32.2. The Labute approximate surface area is 104 Å². The third-order valence-corrected chi connectivity index (χ3v) is 2.96. The van der Waals surface area contributed by atoms with E-state index in [4.69, 9.17) is 0 Å². The Morgan fingerprint density at radius 1 is 1.47 bits per heavy atom. The molecule has 0 spiro atoms. The number of methoxy groups -OCH3 is 1. The first kappa shape index (κ1) is 13.5. The Hall–Kier alpha value is -1.56. The third-order valence-electron chi connectivity index (χ3n) is 1.95. The van der Waals surface area contributed by atoms with E-state index in [9.17, 15) is 9.59 Å². The number of pyridine rings is 1. The van der Waals surface area contributed by atoms with Gasteiger partial charge in [-0.3, -0.25) is 9.78 Å². The zero-order valence-electron chi connectivity index (χ0n) is 9.67. The van der Waals surface area contributed by atoms with Crippen LogP contribution in [0.3, 0.4) is 0 Å². The van der Waals surface area contributed by atoms with Gasteiger partial charge in [-0.15, -0.1) is 11.8 Å². The summed E-state index contributed by atoms with van der Waals surface area (Å²) in [6.07, 6.45) is 3.33. The van der Waals surface area contributed by atoms with E-state index in [1.54, 1.807) is 19.3 Å². The number of rotatable bonds is 5. The van der Waals surface area contributed by atoms with Crippen molar-refractivity contribution in [1.29, 1.82) is 0 Å². The summed E-state index contributed by atoms with van der Waals surface area (Å²) in [4.78, 5) is 27.4. The third kappa shape index (κ3) is 4.86. The summed E-state index contributed by atoms with van der Waals surface area (Å²) >= 11 is 1.39. The second kappa shape index (κ2) is 6.90. The molecule has 0 bridgehead atoms. The van der Waals surface area contributed by atoms with E-state index in [-0.39, 0.29) is 11.7 Å². The molecule has 1 unspecified atom stereocenters. The van der Waals surface area contributed by atoms with Gasteiger partial charge in [-0.2, -0.15) is 0 Å². The average molecular weight is 254 g/mol. The van der Waals surface area contributed by atoms with Gasteiger partial charge < -0.3 is 10.1 Å². The lowest BCUT2D eigenvalue weighted by Crippen LogP contribution is -2.40. The number of esters is 1. The van der Waals surface area contributed by atoms with E-state index in [0.717, 1.165) is 4.90 Å². The van der Waals surface area contributed by atoms with Gasteiger partial charge in [0.05, 0.1) is 12.9 Å². The summed E-state index contributed by atoms with van der Waals surface area (Å²) in [6, 6.07) is 3.02. The van der Waals surface area contributed by atoms with Crippen LogP contribution in [0.25, 0.3) is 0 Å². The van der Waals surface area contributed by atoms with Gasteiger partial charge in [0.2, 0.25) is 5.91 Å². The SMILES string of the molecule is COC(=O)C(C)NC(=O)CSc1ccncc1. The highest BCUT2D eigenvalue weighted by Gasteiger charge is 2.15. The van der Waals surface area contributed by atoms with E-state index in [1.165, 1.54) is 18.9 Å². The monoisotopic (exact) mass is 254 g/mol. The number of ether oxygens (including phenoxy) is 1. The minimum absolute atomic E-state index is 0.204.